The van der Waals surface area contributed by atoms with Crippen LogP contribution in [0, 0.1) is 0 Å². The second kappa shape index (κ2) is 4.36. The molecule has 0 aliphatic heterocycles. The maximum atomic E-state index is 9.51. The van der Waals surface area contributed by atoms with E-state index in [0.717, 1.165) is 6.42 Å². The van der Waals surface area contributed by atoms with Gasteiger partial charge in [0.25, 0.3) is 0 Å². The molecular weight excluding hydrogens is 156 g/mol. The first-order valence-corrected chi connectivity index (χ1v) is 5.51. The molecular formula is C9H18OS. The molecule has 3 atom stereocenters. The molecule has 11 heavy (non-hydrogen) atoms. The second-order valence-electron chi connectivity index (χ2n) is 3.39. The van der Waals surface area contributed by atoms with Crippen LogP contribution < -0.4 is 0 Å². The molecule has 0 radical (unpaired) electrons. The van der Waals surface area contributed by atoms with Crippen LogP contribution >= 0.6 is 11.8 Å². The fourth-order valence-electron chi connectivity index (χ4n) is 1.46. The topological polar surface area (TPSA) is 20.2 Å². The molecule has 1 rings (SSSR count). The first-order chi connectivity index (χ1) is 5.24. The Kier molecular flexibility index (Phi) is 3.73. The Morgan fingerprint density at radius 1 is 1.55 bits per heavy atom. The highest BCUT2D eigenvalue weighted by Crippen LogP contribution is 2.33. The average molecular weight is 174 g/mol. The maximum absolute atomic E-state index is 9.51. The van der Waals surface area contributed by atoms with E-state index in [2.05, 4.69) is 13.8 Å². The van der Waals surface area contributed by atoms with Gasteiger partial charge in [0.15, 0.2) is 0 Å². The van der Waals surface area contributed by atoms with Crippen molar-refractivity contribution in [3.05, 3.63) is 0 Å². The van der Waals surface area contributed by atoms with E-state index in [4.69, 9.17) is 0 Å². The molecule has 1 fully saturated rings. The normalized spacial score (nSPS) is 34.1. The second-order valence-corrected chi connectivity index (χ2v) is 5.07. The van der Waals surface area contributed by atoms with Crippen LogP contribution in [-0.2, 0) is 0 Å². The lowest BCUT2D eigenvalue weighted by atomic mass is 10.3. The standard InChI is InChI=1S/C9H18OS/c1-3-7(2)11-9-6-4-5-8(9)10/h7-10H,3-6H2,1-2H3. The van der Waals surface area contributed by atoms with Gasteiger partial charge in [0, 0.05) is 10.5 Å². The third-order valence-corrected chi connectivity index (χ3v) is 4.10. The van der Waals surface area contributed by atoms with Crippen molar-refractivity contribution in [3.8, 4) is 0 Å². The molecule has 0 bridgehead atoms. The first-order valence-electron chi connectivity index (χ1n) is 4.57. The van der Waals surface area contributed by atoms with Gasteiger partial charge < -0.3 is 5.11 Å². The fraction of sp³-hybridized carbons (Fsp3) is 1.00. The summed E-state index contributed by atoms with van der Waals surface area (Å²) >= 11 is 1.97. The van der Waals surface area contributed by atoms with Crippen molar-refractivity contribution >= 4 is 11.8 Å². The first kappa shape index (κ1) is 9.40. The van der Waals surface area contributed by atoms with Crippen molar-refractivity contribution in [3.63, 3.8) is 0 Å². The summed E-state index contributed by atoms with van der Waals surface area (Å²) in [6, 6.07) is 0. The minimum Gasteiger partial charge on any atom is -0.392 e. The van der Waals surface area contributed by atoms with Gasteiger partial charge >= 0.3 is 0 Å². The lowest BCUT2D eigenvalue weighted by Crippen LogP contribution is -2.17. The van der Waals surface area contributed by atoms with Crippen molar-refractivity contribution in [2.75, 3.05) is 0 Å². The van der Waals surface area contributed by atoms with Crippen molar-refractivity contribution < 1.29 is 5.11 Å². The minimum absolute atomic E-state index is 0.0194. The van der Waals surface area contributed by atoms with Crippen LogP contribution in [0.4, 0.5) is 0 Å². The van der Waals surface area contributed by atoms with E-state index in [-0.39, 0.29) is 6.10 Å². The van der Waals surface area contributed by atoms with Gasteiger partial charge in [-0.2, -0.15) is 11.8 Å². The highest BCUT2D eigenvalue weighted by atomic mass is 32.2. The maximum Gasteiger partial charge on any atom is 0.0658 e. The van der Waals surface area contributed by atoms with Gasteiger partial charge in [-0.3, -0.25) is 0 Å². The van der Waals surface area contributed by atoms with E-state index in [1.165, 1.54) is 19.3 Å². The summed E-state index contributed by atoms with van der Waals surface area (Å²) in [5.74, 6) is 0. The molecule has 2 heteroatoms. The number of thioether (sulfide) groups is 1. The van der Waals surface area contributed by atoms with Gasteiger partial charge in [-0.05, 0) is 25.7 Å². The Hall–Kier alpha value is 0.310. The van der Waals surface area contributed by atoms with Crippen molar-refractivity contribution in [1.29, 1.82) is 0 Å². The highest BCUT2D eigenvalue weighted by Gasteiger charge is 2.26. The molecule has 0 aromatic heterocycles. The number of hydrogen-bond donors (Lipinski definition) is 1. The van der Waals surface area contributed by atoms with E-state index in [1.807, 2.05) is 11.8 Å². The summed E-state index contributed by atoms with van der Waals surface area (Å²) in [5.41, 5.74) is 0. The lowest BCUT2D eigenvalue weighted by molar-refractivity contribution is 0.188. The molecule has 1 aliphatic rings. The summed E-state index contributed by atoms with van der Waals surface area (Å²) < 4.78 is 0. The number of aliphatic hydroxyl groups excluding tert-OH is 1. The molecule has 0 heterocycles. The van der Waals surface area contributed by atoms with Crippen LogP contribution in [0.1, 0.15) is 39.5 Å². The Morgan fingerprint density at radius 3 is 2.73 bits per heavy atom. The largest absolute Gasteiger partial charge is 0.392 e. The third kappa shape index (κ3) is 2.68. The Bertz CT molecular complexity index is 116. The van der Waals surface area contributed by atoms with E-state index < -0.39 is 0 Å². The van der Waals surface area contributed by atoms with Crippen LogP contribution in [0.3, 0.4) is 0 Å². The summed E-state index contributed by atoms with van der Waals surface area (Å²) in [5, 5.41) is 10.8. The van der Waals surface area contributed by atoms with Crippen LogP contribution in [0.25, 0.3) is 0 Å². The zero-order valence-corrected chi connectivity index (χ0v) is 8.23. The summed E-state index contributed by atoms with van der Waals surface area (Å²) in [4.78, 5) is 0. The van der Waals surface area contributed by atoms with Crippen LogP contribution in [0.2, 0.25) is 0 Å². The summed E-state index contributed by atoms with van der Waals surface area (Å²) in [6.45, 7) is 4.45. The third-order valence-electron chi connectivity index (χ3n) is 2.40. The minimum atomic E-state index is -0.0194. The molecule has 1 saturated carbocycles. The van der Waals surface area contributed by atoms with Gasteiger partial charge in [0.1, 0.15) is 0 Å². The van der Waals surface area contributed by atoms with Crippen LogP contribution in [-0.4, -0.2) is 21.7 Å². The van der Waals surface area contributed by atoms with Gasteiger partial charge in [-0.25, -0.2) is 0 Å². The van der Waals surface area contributed by atoms with Crippen LogP contribution in [0.5, 0.6) is 0 Å². The van der Waals surface area contributed by atoms with Gasteiger partial charge in [-0.15, -0.1) is 0 Å². The molecule has 0 amide bonds. The van der Waals surface area contributed by atoms with Gasteiger partial charge in [0.2, 0.25) is 0 Å². The van der Waals surface area contributed by atoms with Crippen molar-refractivity contribution in [1.82, 2.24) is 0 Å². The van der Waals surface area contributed by atoms with E-state index >= 15 is 0 Å². The van der Waals surface area contributed by atoms with E-state index in [9.17, 15) is 5.11 Å². The molecule has 66 valence electrons. The number of hydrogen-bond acceptors (Lipinski definition) is 2. The zero-order valence-electron chi connectivity index (χ0n) is 7.42. The Balaban J connectivity index is 2.24. The highest BCUT2D eigenvalue weighted by molar-refractivity contribution is 8.00. The summed E-state index contributed by atoms with van der Waals surface area (Å²) in [7, 11) is 0. The zero-order chi connectivity index (χ0) is 8.27. The molecule has 0 saturated heterocycles. The molecule has 1 N–H and O–H groups in total. The molecule has 0 aromatic carbocycles. The number of rotatable bonds is 3. The molecule has 1 nitrogen and oxygen atoms in total. The van der Waals surface area contributed by atoms with E-state index in [0.29, 0.717) is 10.5 Å². The quantitative estimate of drug-likeness (QED) is 0.709. The number of aliphatic hydroxyl groups is 1. The SMILES string of the molecule is CCC(C)SC1CCCC1O. The Morgan fingerprint density at radius 2 is 2.27 bits per heavy atom. The molecule has 0 aromatic rings. The lowest BCUT2D eigenvalue weighted by Gasteiger charge is -2.17. The van der Waals surface area contributed by atoms with E-state index in [1.54, 1.807) is 0 Å². The monoisotopic (exact) mass is 174 g/mol. The molecule has 0 spiro atoms. The summed E-state index contributed by atoms with van der Waals surface area (Å²) in [6.07, 6.45) is 4.65. The average Bonchev–Trinajstić information content (AvgIpc) is 2.37. The predicted molar refractivity (Wildman–Crippen MR) is 51.0 cm³/mol. The van der Waals surface area contributed by atoms with Gasteiger partial charge in [-0.1, -0.05) is 13.8 Å². The fourth-order valence-corrected chi connectivity index (χ4v) is 2.87. The Labute approximate surface area is 73.6 Å². The molecule has 3 unspecified atom stereocenters. The smallest absolute Gasteiger partial charge is 0.0658 e. The van der Waals surface area contributed by atoms with Crippen molar-refractivity contribution in [2.24, 2.45) is 0 Å². The van der Waals surface area contributed by atoms with Gasteiger partial charge in [0.05, 0.1) is 6.10 Å². The van der Waals surface area contributed by atoms with Crippen molar-refractivity contribution in [2.45, 2.75) is 56.1 Å². The molecule has 1 aliphatic carbocycles. The predicted octanol–water partition coefficient (Wildman–Crippen LogP) is 2.43. The van der Waals surface area contributed by atoms with Crippen LogP contribution in [0.15, 0.2) is 0 Å².